The summed E-state index contributed by atoms with van der Waals surface area (Å²) in [6.45, 7) is 1.84. The standard InChI is InChI=1S/C10H11NOS/c12-10-9-4-7(9)5-11(10)6-8-2-1-3-13-8/h1-3,7,9H,4-6H2. The average molecular weight is 193 g/mol. The van der Waals surface area contributed by atoms with E-state index >= 15 is 0 Å². The lowest BCUT2D eigenvalue weighted by atomic mass is 10.4. The average Bonchev–Trinajstić information content (AvgIpc) is 2.55. The highest BCUT2D eigenvalue weighted by molar-refractivity contribution is 7.09. The Hall–Kier alpha value is -0.830. The van der Waals surface area contributed by atoms with E-state index in [1.807, 2.05) is 11.0 Å². The van der Waals surface area contributed by atoms with E-state index in [1.54, 1.807) is 11.3 Å². The van der Waals surface area contributed by atoms with Crippen molar-refractivity contribution >= 4 is 17.2 Å². The van der Waals surface area contributed by atoms with Gasteiger partial charge < -0.3 is 4.90 Å². The number of hydrogen-bond acceptors (Lipinski definition) is 2. The second-order valence-electron chi connectivity index (χ2n) is 3.90. The lowest BCUT2D eigenvalue weighted by Crippen LogP contribution is -2.27. The number of carbonyl (C=O) groups excluding carboxylic acids is 1. The van der Waals surface area contributed by atoms with Gasteiger partial charge in [0.1, 0.15) is 0 Å². The Labute approximate surface area is 81.2 Å². The van der Waals surface area contributed by atoms with Crippen LogP contribution in [0.5, 0.6) is 0 Å². The Bertz CT molecular complexity index is 333. The van der Waals surface area contributed by atoms with Gasteiger partial charge in [-0.1, -0.05) is 6.07 Å². The topological polar surface area (TPSA) is 20.3 Å². The molecule has 1 aromatic heterocycles. The zero-order valence-electron chi connectivity index (χ0n) is 7.27. The van der Waals surface area contributed by atoms with Gasteiger partial charge in [-0.05, 0) is 23.8 Å². The normalized spacial score (nSPS) is 30.8. The molecule has 2 aliphatic rings. The highest BCUT2D eigenvalue weighted by atomic mass is 32.1. The fraction of sp³-hybridized carbons (Fsp3) is 0.500. The van der Waals surface area contributed by atoms with Gasteiger partial charge >= 0.3 is 0 Å². The molecule has 0 aromatic carbocycles. The van der Waals surface area contributed by atoms with Gasteiger partial charge in [-0.15, -0.1) is 11.3 Å². The van der Waals surface area contributed by atoms with E-state index in [-0.39, 0.29) is 0 Å². The van der Waals surface area contributed by atoms with Crippen LogP contribution in [0, 0.1) is 11.8 Å². The van der Waals surface area contributed by atoms with Crippen molar-refractivity contribution in [2.75, 3.05) is 6.54 Å². The zero-order chi connectivity index (χ0) is 8.84. The van der Waals surface area contributed by atoms with Crippen molar-refractivity contribution in [2.24, 2.45) is 11.8 Å². The van der Waals surface area contributed by atoms with Crippen LogP contribution in [0.15, 0.2) is 17.5 Å². The lowest BCUT2D eigenvalue weighted by Gasteiger charge is -2.16. The lowest BCUT2D eigenvalue weighted by molar-refractivity contribution is -0.130. The van der Waals surface area contributed by atoms with E-state index in [1.165, 1.54) is 4.88 Å². The molecular formula is C10H11NOS. The summed E-state index contributed by atoms with van der Waals surface area (Å²) in [5.74, 6) is 1.49. The van der Waals surface area contributed by atoms with Crippen molar-refractivity contribution in [3.05, 3.63) is 22.4 Å². The Morgan fingerprint density at radius 3 is 3.15 bits per heavy atom. The molecule has 0 radical (unpaired) electrons. The van der Waals surface area contributed by atoms with Crippen LogP contribution >= 0.6 is 11.3 Å². The van der Waals surface area contributed by atoms with Crippen LogP contribution in [-0.4, -0.2) is 17.4 Å². The van der Waals surface area contributed by atoms with Crippen molar-refractivity contribution in [3.8, 4) is 0 Å². The highest BCUT2D eigenvalue weighted by Crippen LogP contribution is 2.46. The molecule has 13 heavy (non-hydrogen) atoms. The molecule has 2 fully saturated rings. The maximum absolute atomic E-state index is 11.6. The molecule has 1 saturated carbocycles. The van der Waals surface area contributed by atoms with Gasteiger partial charge in [-0.25, -0.2) is 0 Å². The second-order valence-corrected chi connectivity index (χ2v) is 4.93. The van der Waals surface area contributed by atoms with E-state index in [4.69, 9.17) is 0 Å². The first-order valence-corrected chi connectivity index (χ1v) is 5.54. The van der Waals surface area contributed by atoms with E-state index in [0.717, 1.165) is 19.5 Å². The summed E-state index contributed by atoms with van der Waals surface area (Å²) in [5, 5.41) is 2.07. The summed E-state index contributed by atoms with van der Waals surface area (Å²) in [5.41, 5.74) is 0. The minimum Gasteiger partial charge on any atom is -0.337 e. The van der Waals surface area contributed by atoms with Crippen LogP contribution in [0.2, 0.25) is 0 Å². The van der Waals surface area contributed by atoms with Crippen molar-refractivity contribution < 1.29 is 4.79 Å². The largest absolute Gasteiger partial charge is 0.337 e. The molecular weight excluding hydrogens is 182 g/mol. The third-order valence-corrected chi connectivity index (χ3v) is 3.79. The first-order valence-electron chi connectivity index (χ1n) is 4.66. The molecule has 3 rings (SSSR count). The Balaban J connectivity index is 1.71. The fourth-order valence-electron chi connectivity index (χ4n) is 2.09. The minimum atomic E-state index is 0.387. The van der Waals surface area contributed by atoms with Crippen LogP contribution in [0.25, 0.3) is 0 Å². The summed E-state index contributed by atoms with van der Waals surface area (Å²) in [4.78, 5) is 14.9. The molecule has 1 amide bonds. The van der Waals surface area contributed by atoms with Gasteiger partial charge in [0.15, 0.2) is 0 Å². The molecule has 1 aliphatic heterocycles. The zero-order valence-corrected chi connectivity index (χ0v) is 8.09. The summed E-state index contributed by atoms with van der Waals surface area (Å²) in [6, 6.07) is 4.14. The van der Waals surface area contributed by atoms with Crippen molar-refractivity contribution in [1.82, 2.24) is 4.90 Å². The first-order chi connectivity index (χ1) is 6.34. The van der Waals surface area contributed by atoms with E-state index in [2.05, 4.69) is 11.4 Å². The van der Waals surface area contributed by atoms with E-state index in [9.17, 15) is 4.79 Å². The SMILES string of the molecule is O=C1C2CC2CN1Cc1cccs1. The molecule has 0 spiro atoms. The number of carbonyl (C=O) groups is 1. The van der Waals surface area contributed by atoms with Crippen LogP contribution in [0.3, 0.4) is 0 Å². The quantitative estimate of drug-likeness (QED) is 0.700. The maximum atomic E-state index is 11.6. The van der Waals surface area contributed by atoms with Gasteiger partial charge in [0.05, 0.1) is 6.54 Å². The fourth-order valence-corrected chi connectivity index (χ4v) is 2.81. The van der Waals surface area contributed by atoms with Crippen molar-refractivity contribution in [2.45, 2.75) is 13.0 Å². The van der Waals surface area contributed by atoms with Crippen LogP contribution < -0.4 is 0 Å². The molecule has 2 nitrogen and oxygen atoms in total. The molecule has 68 valence electrons. The van der Waals surface area contributed by atoms with Crippen LogP contribution in [0.4, 0.5) is 0 Å². The molecule has 2 atom stereocenters. The predicted octanol–water partition coefficient (Wildman–Crippen LogP) is 1.73. The van der Waals surface area contributed by atoms with Gasteiger partial charge in [0, 0.05) is 17.3 Å². The van der Waals surface area contributed by atoms with Crippen molar-refractivity contribution in [1.29, 1.82) is 0 Å². The molecule has 2 unspecified atom stereocenters. The second kappa shape index (κ2) is 2.58. The number of hydrogen-bond donors (Lipinski definition) is 0. The highest BCUT2D eigenvalue weighted by Gasteiger charge is 2.51. The number of likely N-dealkylation sites (tertiary alicyclic amines) is 1. The number of piperidine rings is 1. The van der Waals surface area contributed by atoms with Gasteiger partial charge in [-0.3, -0.25) is 4.79 Å². The van der Waals surface area contributed by atoms with Gasteiger partial charge in [0.25, 0.3) is 0 Å². The van der Waals surface area contributed by atoms with Crippen LogP contribution in [-0.2, 0) is 11.3 Å². The molecule has 1 saturated heterocycles. The minimum absolute atomic E-state index is 0.387. The van der Waals surface area contributed by atoms with E-state index in [0.29, 0.717) is 17.7 Å². The first kappa shape index (κ1) is 7.56. The molecule has 0 N–H and O–H groups in total. The van der Waals surface area contributed by atoms with Gasteiger partial charge in [-0.2, -0.15) is 0 Å². The van der Waals surface area contributed by atoms with Gasteiger partial charge in [0.2, 0.25) is 5.91 Å². The third kappa shape index (κ3) is 1.18. The summed E-state index contributed by atoms with van der Waals surface area (Å²) in [7, 11) is 0. The summed E-state index contributed by atoms with van der Waals surface area (Å²) >= 11 is 1.73. The third-order valence-electron chi connectivity index (χ3n) is 2.93. The Morgan fingerprint density at radius 2 is 2.54 bits per heavy atom. The Kier molecular flexibility index (Phi) is 1.50. The van der Waals surface area contributed by atoms with Crippen LogP contribution in [0.1, 0.15) is 11.3 Å². The monoisotopic (exact) mass is 193 g/mol. The number of rotatable bonds is 2. The number of nitrogens with zero attached hydrogens (tertiary/aromatic N) is 1. The molecule has 2 heterocycles. The Morgan fingerprint density at radius 1 is 1.62 bits per heavy atom. The predicted molar refractivity (Wildman–Crippen MR) is 51.3 cm³/mol. The molecule has 1 aromatic rings. The number of amides is 1. The number of thiophene rings is 1. The molecule has 0 bridgehead atoms. The van der Waals surface area contributed by atoms with Crippen molar-refractivity contribution in [3.63, 3.8) is 0 Å². The smallest absolute Gasteiger partial charge is 0.226 e. The molecule has 1 aliphatic carbocycles. The maximum Gasteiger partial charge on any atom is 0.226 e. The van der Waals surface area contributed by atoms with E-state index < -0.39 is 0 Å². The number of fused-ring (bicyclic) bond motifs is 1. The molecule has 3 heteroatoms. The summed E-state index contributed by atoms with van der Waals surface area (Å²) in [6.07, 6.45) is 1.15. The summed E-state index contributed by atoms with van der Waals surface area (Å²) < 4.78 is 0.